The minimum atomic E-state index is -0.605. The van der Waals surface area contributed by atoms with Crippen LogP contribution in [0.1, 0.15) is 52.1 Å². The Morgan fingerprint density at radius 3 is 2.24 bits per heavy atom. The third-order valence-corrected chi connectivity index (χ3v) is 9.75. The van der Waals surface area contributed by atoms with Gasteiger partial charge in [-0.1, -0.05) is 67.6 Å². The average molecular weight is 689 g/mol. The van der Waals surface area contributed by atoms with Crippen molar-refractivity contribution in [3.05, 3.63) is 141 Å². The molecule has 1 aromatic heterocycles. The van der Waals surface area contributed by atoms with Gasteiger partial charge in [0.2, 0.25) is 0 Å². The van der Waals surface area contributed by atoms with E-state index in [2.05, 4.69) is 32.0 Å². The number of amides is 1. The van der Waals surface area contributed by atoms with Gasteiger partial charge in [0.05, 0.1) is 41.0 Å². The van der Waals surface area contributed by atoms with E-state index in [1.54, 1.807) is 12.1 Å². The molecule has 51 heavy (non-hydrogen) atoms. The predicted octanol–water partition coefficient (Wildman–Crippen LogP) is 5.57. The Kier molecular flexibility index (Phi) is 10.3. The van der Waals surface area contributed by atoms with Crippen molar-refractivity contribution in [1.29, 1.82) is 0 Å². The molecule has 0 bridgehead atoms. The summed E-state index contributed by atoms with van der Waals surface area (Å²) in [5, 5.41) is 23.6. The van der Waals surface area contributed by atoms with Crippen molar-refractivity contribution in [2.24, 2.45) is 5.92 Å². The van der Waals surface area contributed by atoms with Gasteiger partial charge in [0, 0.05) is 68.6 Å². The topological polar surface area (TPSA) is 143 Å². The first-order chi connectivity index (χ1) is 24.8. The quantitative estimate of drug-likeness (QED) is 0.141. The summed E-state index contributed by atoms with van der Waals surface area (Å²) in [5.41, 5.74) is 6.40. The molecule has 3 heterocycles. The number of para-hydroxylation sites is 2. The molecule has 12 heteroatoms. The van der Waals surface area contributed by atoms with Crippen LogP contribution in [-0.2, 0) is 22.6 Å². The minimum Gasteiger partial charge on any atom is -0.392 e. The zero-order chi connectivity index (χ0) is 35.3. The molecule has 5 aromatic rings. The average Bonchev–Trinajstić information content (AvgIpc) is 3.18. The zero-order valence-electron chi connectivity index (χ0n) is 28.3. The summed E-state index contributed by atoms with van der Waals surface area (Å²) in [7, 11) is 0. The summed E-state index contributed by atoms with van der Waals surface area (Å²) < 4.78 is 13.3. The van der Waals surface area contributed by atoms with Crippen molar-refractivity contribution in [2.45, 2.75) is 38.6 Å². The van der Waals surface area contributed by atoms with Crippen molar-refractivity contribution in [1.82, 2.24) is 20.2 Å². The van der Waals surface area contributed by atoms with Crippen LogP contribution in [0.4, 0.5) is 11.4 Å². The van der Waals surface area contributed by atoms with Crippen LogP contribution in [0.2, 0.25) is 0 Å². The van der Waals surface area contributed by atoms with Gasteiger partial charge in [-0.15, -0.1) is 0 Å². The molecule has 0 spiro atoms. The number of benzene rings is 4. The van der Waals surface area contributed by atoms with Crippen LogP contribution in [0.5, 0.6) is 0 Å². The lowest BCUT2D eigenvalue weighted by atomic mass is 9.90. The van der Waals surface area contributed by atoms with Crippen LogP contribution in [0.15, 0.2) is 103 Å². The molecule has 2 fully saturated rings. The lowest BCUT2D eigenvalue weighted by Crippen LogP contribution is -2.51. The molecule has 2 N–H and O–H groups in total. The van der Waals surface area contributed by atoms with E-state index in [0.717, 1.165) is 66.2 Å². The van der Waals surface area contributed by atoms with Crippen molar-refractivity contribution >= 4 is 28.3 Å². The largest absolute Gasteiger partial charge is 0.392 e. The van der Waals surface area contributed by atoms with Gasteiger partial charge in [-0.05, 0) is 41.0 Å². The molecule has 2 aliphatic heterocycles. The number of hydrogen-bond donors (Lipinski definition) is 2. The Balaban J connectivity index is 1.02. The summed E-state index contributed by atoms with van der Waals surface area (Å²) >= 11 is 0. The van der Waals surface area contributed by atoms with E-state index in [1.165, 1.54) is 6.20 Å². The van der Waals surface area contributed by atoms with Gasteiger partial charge in [-0.25, -0.2) is 4.98 Å². The number of ether oxygens (including phenoxy) is 2. The van der Waals surface area contributed by atoms with E-state index >= 15 is 0 Å². The Labute approximate surface area is 295 Å². The smallest absolute Gasteiger partial charge is 0.271 e. The summed E-state index contributed by atoms with van der Waals surface area (Å²) in [4.78, 5) is 37.0. The highest BCUT2D eigenvalue weighted by atomic mass is 16.7. The second-order valence-electron chi connectivity index (χ2n) is 13.1. The third-order valence-electron chi connectivity index (χ3n) is 9.75. The van der Waals surface area contributed by atoms with E-state index < -0.39 is 6.29 Å². The Bertz CT molecular complexity index is 1970. The maximum atomic E-state index is 12.8. The fraction of sp³-hybridized carbons (Fsp3) is 0.308. The minimum absolute atomic E-state index is 0.0238. The number of hydrogen-bond acceptors (Lipinski definition) is 10. The second kappa shape index (κ2) is 15.3. The molecule has 0 radical (unpaired) electrons. The number of aliphatic hydroxyl groups excluding tert-OH is 1. The molecule has 262 valence electrons. The maximum Gasteiger partial charge on any atom is 0.271 e. The van der Waals surface area contributed by atoms with Gasteiger partial charge < -0.3 is 24.8 Å². The summed E-state index contributed by atoms with van der Waals surface area (Å²) in [6.07, 6.45) is 0.526. The highest BCUT2D eigenvalue weighted by Crippen LogP contribution is 2.42. The summed E-state index contributed by atoms with van der Waals surface area (Å²) in [6, 6.07) is 29.9. The van der Waals surface area contributed by atoms with Gasteiger partial charge >= 0.3 is 0 Å². The normalized spacial score (nSPS) is 21.0. The molecule has 1 amide bonds. The Hall–Kier alpha value is -5.27. The SMILES string of the molecule is C[C@H]1[C@@H](CN2CCN(c3ccc([N+](=O)[O-])cc3)CC2)O[C@@H](c2ccc(CNC(=O)c3cnc4ccccc4n3)cc2)O[C@H]1c1ccc(CO)cc1. The van der Waals surface area contributed by atoms with E-state index in [1.807, 2.05) is 84.9 Å². The van der Waals surface area contributed by atoms with E-state index in [0.29, 0.717) is 12.1 Å². The number of fused-ring (bicyclic) bond motifs is 1. The van der Waals surface area contributed by atoms with Gasteiger partial charge in [0.1, 0.15) is 5.69 Å². The van der Waals surface area contributed by atoms with E-state index in [9.17, 15) is 20.0 Å². The number of piperazine rings is 1. The van der Waals surface area contributed by atoms with Crippen molar-refractivity contribution in [3.63, 3.8) is 0 Å². The van der Waals surface area contributed by atoms with Crippen LogP contribution in [-0.4, -0.2) is 69.6 Å². The highest BCUT2D eigenvalue weighted by Gasteiger charge is 2.39. The molecule has 4 aromatic carbocycles. The lowest BCUT2D eigenvalue weighted by molar-refractivity contribution is -0.384. The number of aliphatic hydroxyl groups is 1. The molecular weight excluding hydrogens is 648 g/mol. The van der Waals surface area contributed by atoms with Gasteiger partial charge in [-0.2, -0.15) is 0 Å². The van der Waals surface area contributed by atoms with Gasteiger partial charge in [0.25, 0.3) is 11.6 Å². The molecule has 0 saturated carbocycles. The summed E-state index contributed by atoms with van der Waals surface area (Å²) in [6.45, 7) is 6.45. The van der Waals surface area contributed by atoms with Crippen molar-refractivity contribution in [2.75, 3.05) is 37.6 Å². The molecule has 7 rings (SSSR count). The lowest BCUT2D eigenvalue weighted by Gasteiger charge is -2.44. The number of anilines is 1. The van der Waals surface area contributed by atoms with Crippen molar-refractivity contribution in [3.8, 4) is 0 Å². The fourth-order valence-corrected chi connectivity index (χ4v) is 6.69. The maximum absolute atomic E-state index is 12.8. The molecular formula is C39H40N6O6. The number of nitro benzene ring substituents is 1. The zero-order valence-corrected chi connectivity index (χ0v) is 28.3. The number of carbonyl (C=O) groups excluding carboxylic acids is 1. The predicted molar refractivity (Wildman–Crippen MR) is 192 cm³/mol. The third kappa shape index (κ3) is 7.89. The van der Waals surface area contributed by atoms with Crippen LogP contribution >= 0.6 is 0 Å². The molecule has 4 atom stereocenters. The Morgan fingerprint density at radius 2 is 1.55 bits per heavy atom. The number of rotatable bonds is 10. The number of non-ortho nitro benzene ring substituents is 1. The molecule has 2 saturated heterocycles. The van der Waals surface area contributed by atoms with Crippen molar-refractivity contribution < 1.29 is 24.3 Å². The fourth-order valence-electron chi connectivity index (χ4n) is 6.69. The van der Waals surface area contributed by atoms with Crippen LogP contribution < -0.4 is 10.2 Å². The van der Waals surface area contributed by atoms with Gasteiger partial charge in [0.15, 0.2) is 6.29 Å². The standard InChI is InChI=1S/C39H40N6O6/c1-26-36(24-43-18-20-44(21-19-43)31-14-16-32(17-15-31)45(48)49)50-39(51-37(26)29-10-8-28(25-46)9-11-29)30-12-6-27(7-13-30)22-41-38(47)35-23-40-33-4-2-3-5-34(33)42-35/h2-17,23,26,36-37,39,46H,18-22,24-25H2,1H3,(H,41,47)/t26-,36+,37+,39+/m0/s1. The molecule has 0 unspecified atom stereocenters. The first-order valence-corrected chi connectivity index (χ1v) is 17.2. The first kappa shape index (κ1) is 34.2. The monoisotopic (exact) mass is 688 g/mol. The second-order valence-corrected chi connectivity index (χ2v) is 13.1. The Morgan fingerprint density at radius 1 is 0.882 bits per heavy atom. The molecule has 2 aliphatic rings. The number of nitro groups is 1. The number of nitrogens with one attached hydrogen (secondary N) is 1. The number of nitrogens with zero attached hydrogens (tertiary/aromatic N) is 5. The van der Waals surface area contributed by atoms with Crippen LogP contribution in [0.3, 0.4) is 0 Å². The summed E-state index contributed by atoms with van der Waals surface area (Å²) in [5.74, 6) is -0.252. The van der Waals surface area contributed by atoms with Crippen LogP contribution in [0, 0.1) is 16.0 Å². The van der Waals surface area contributed by atoms with E-state index in [-0.39, 0.29) is 46.9 Å². The highest BCUT2D eigenvalue weighted by molar-refractivity contribution is 5.93. The number of aromatic nitrogens is 2. The van der Waals surface area contributed by atoms with Crippen LogP contribution in [0.25, 0.3) is 11.0 Å². The van der Waals surface area contributed by atoms with Gasteiger partial charge in [-0.3, -0.25) is 24.8 Å². The number of carbonyl (C=O) groups is 1. The first-order valence-electron chi connectivity index (χ1n) is 17.2. The molecule has 0 aliphatic carbocycles. The van der Waals surface area contributed by atoms with E-state index in [4.69, 9.17) is 9.47 Å². The molecule has 12 nitrogen and oxygen atoms in total.